The SMILES string of the molecule is CCC(c1ccccc1)C1C(=O)OC(=O)C1C.CCC(c1ccccc1)C1C(=O)OC(=O)C1C(C(=O)O)C(C(=O)NCCS)C(C(=O)O)C(C)C(=O)NCCNS(=O)(=O)c1ccc(-c2c3ccc(=[N+](CC)CC)cc-3oc3cc(N(CC)CC)ccc23)c(S(=O)(=O)[O-])c1. The van der Waals surface area contributed by atoms with Gasteiger partial charge in [0.25, 0.3) is 0 Å². The number of carbonyl (C=O) groups is 8. The molecule has 498 valence electrons. The molecule has 2 saturated heterocycles. The fourth-order valence-corrected chi connectivity index (χ4v) is 14.8. The maximum Gasteiger partial charge on any atom is 0.318 e. The van der Waals surface area contributed by atoms with Gasteiger partial charge in [-0.25, -0.2) is 26.1 Å². The molecule has 10 unspecified atom stereocenters. The van der Waals surface area contributed by atoms with Crippen LogP contribution in [0.2, 0.25) is 0 Å². The monoisotopic (exact) mass is 1340 g/mol. The summed E-state index contributed by atoms with van der Waals surface area (Å²) in [6.07, 6.45) is 1.03. The number of sulfonamides is 1. The first-order valence-electron chi connectivity index (χ1n) is 30.9. The van der Waals surface area contributed by atoms with Crippen LogP contribution in [-0.2, 0) is 68.0 Å². The maximum absolute atomic E-state index is 14.0. The molecule has 10 atom stereocenters. The van der Waals surface area contributed by atoms with Crippen molar-refractivity contribution in [1.82, 2.24) is 19.9 Å². The number of nitrogens with one attached hydrogen (secondary N) is 3. The Labute approximate surface area is 545 Å². The molecule has 23 nitrogen and oxygen atoms in total. The zero-order valence-electron chi connectivity index (χ0n) is 52.9. The van der Waals surface area contributed by atoms with Crippen molar-refractivity contribution in [3.05, 3.63) is 132 Å². The molecule has 0 radical (unpaired) electrons. The number of amides is 2. The summed E-state index contributed by atoms with van der Waals surface area (Å²) in [5.41, 5.74) is 3.53. The number of cyclic esters (lactones) is 4. The molecule has 0 spiro atoms. The number of nitrogens with zero attached hydrogens (tertiary/aromatic N) is 2. The summed E-state index contributed by atoms with van der Waals surface area (Å²) in [5, 5.41) is 27.6. The van der Waals surface area contributed by atoms with Crippen molar-refractivity contribution < 1.29 is 83.8 Å². The first kappa shape index (κ1) is 72.1. The minimum atomic E-state index is -5.39. The Kier molecular flexibility index (Phi) is 24.5. The average Bonchev–Trinajstić information content (AvgIpc) is 0.922. The van der Waals surface area contributed by atoms with Crippen LogP contribution in [0.3, 0.4) is 0 Å². The van der Waals surface area contributed by atoms with Crippen LogP contribution in [0.25, 0.3) is 33.4 Å². The molecule has 5 N–H and O–H groups in total. The van der Waals surface area contributed by atoms with E-state index in [9.17, 15) is 70.0 Å². The van der Waals surface area contributed by atoms with Gasteiger partial charge in [0, 0.05) is 84.3 Å². The van der Waals surface area contributed by atoms with E-state index < -0.39 is 126 Å². The fourth-order valence-electron chi connectivity index (χ4n) is 12.9. The third-order valence-electron chi connectivity index (χ3n) is 17.6. The van der Waals surface area contributed by atoms with Gasteiger partial charge in [-0.05, 0) is 93.8 Å². The number of thiol groups is 1. The first-order valence-corrected chi connectivity index (χ1v) is 34.4. The number of carboxylic acids is 2. The Balaban J connectivity index is 0.000000619. The minimum absolute atomic E-state index is 0.0325. The van der Waals surface area contributed by atoms with Gasteiger partial charge in [-0.1, -0.05) is 94.4 Å². The molecule has 8 rings (SSSR count). The molecule has 26 heteroatoms. The molecular formula is C67H79N5O18S3. The number of aliphatic carboxylic acids is 2. The van der Waals surface area contributed by atoms with E-state index in [0.29, 0.717) is 59.6 Å². The summed E-state index contributed by atoms with van der Waals surface area (Å²) < 4.78 is 87.7. The summed E-state index contributed by atoms with van der Waals surface area (Å²) >= 11 is 4.08. The number of esters is 4. The zero-order valence-corrected chi connectivity index (χ0v) is 55.4. The topological polar surface area (TPSA) is 342 Å². The molecule has 3 heterocycles. The number of hydrogen-bond acceptors (Lipinski definition) is 18. The number of carboxylic acid groups (broad SMARTS) is 2. The molecule has 93 heavy (non-hydrogen) atoms. The van der Waals surface area contributed by atoms with Crippen molar-refractivity contribution in [3.8, 4) is 22.5 Å². The van der Waals surface area contributed by atoms with Gasteiger partial charge in [-0.15, -0.1) is 0 Å². The van der Waals surface area contributed by atoms with E-state index >= 15 is 0 Å². The lowest BCUT2D eigenvalue weighted by atomic mass is 9.64. The van der Waals surface area contributed by atoms with Gasteiger partial charge in [-0.3, -0.25) is 38.4 Å². The summed E-state index contributed by atoms with van der Waals surface area (Å²) in [5.74, 6) is -21.5. The molecule has 4 aromatic rings. The van der Waals surface area contributed by atoms with Crippen molar-refractivity contribution in [2.75, 3.05) is 56.5 Å². The van der Waals surface area contributed by atoms with Crippen molar-refractivity contribution in [1.29, 1.82) is 0 Å². The van der Waals surface area contributed by atoms with Crippen LogP contribution in [0.1, 0.15) is 91.2 Å². The van der Waals surface area contributed by atoms with Crippen molar-refractivity contribution in [3.63, 3.8) is 0 Å². The largest absolute Gasteiger partial charge is 0.744 e. The summed E-state index contributed by atoms with van der Waals surface area (Å²) in [7, 11) is -10.0. The van der Waals surface area contributed by atoms with Crippen LogP contribution >= 0.6 is 12.6 Å². The van der Waals surface area contributed by atoms with E-state index in [0.717, 1.165) is 42.1 Å². The lowest BCUT2D eigenvalue weighted by Crippen LogP contribution is -2.53. The van der Waals surface area contributed by atoms with Gasteiger partial charge in [0.05, 0.1) is 57.3 Å². The van der Waals surface area contributed by atoms with Gasteiger partial charge in [0.2, 0.25) is 27.2 Å². The maximum atomic E-state index is 14.0. The fraction of sp³-hybridized carbons (Fsp3) is 0.418. The Morgan fingerprint density at radius 3 is 1.73 bits per heavy atom. The van der Waals surface area contributed by atoms with Crippen LogP contribution in [0, 0.1) is 47.3 Å². The summed E-state index contributed by atoms with van der Waals surface area (Å²) in [6, 6.07) is 32.1. The Hall–Kier alpha value is -8.30. The molecular weight excluding hydrogens is 1260 g/mol. The van der Waals surface area contributed by atoms with E-state index in [2.05, 4.69) is 37.5 Å². The van der Waals surface area contributed by atoms with E-state index in [4.69, 9.17) is 13.9 Å². The van der Waals surface area contributed by atoms with E-state index in [-0.39, 0.29) is 48.0 Å². The Morgan fingerprint density at radius 1 is 0.645 bits per heavy atom. The molecule has 2 fully saturated rings. The zero-order chi connectivity index (χ0) is 68.2. The van der Waals surface area contributed by atoms with Gasteiger partial charge in [0.15, 0.2) is 0 Å². The molecule has 4 aromatic carbocycles. The molecule has 3 aliphatic heterocycles. The Bertz CT molecular complexity index is 4020. The van der Waals surface area contributed by atoms with Gasteiger partial charge < -0.3 is 44.2 Å². The number of fused-ring (bicyclic) bond motifs is 2. The minimum Gasteiger partial charge on any atom is -0.744 e. The molecule has 4 aliphatic rings. The highest BCUT2D eigenvalue weighted by Crippen LogP contribution is 2.47. The number of anilines is 1. The highest BCUT2D eigenvalue weighted by molar-refractivity contribution is 7.89. The van der Waals surface area contributed by atoms with Crippen LogP contribution < -0.4 is 30.2 Å². The van der Waals surface area contributed by atoms with E-state index in [1.165, 1.54) is 6.07 Å². The summed E-state index contributed by atoms with van der Waals surface area (Å²) in [6.45, 7) is 16.1. The van der Waals surface area contributed by atoms with Crippen LogP contribution in [0.5, 0.6) is 0 Å². The standard InChI is InChI=1S/C53H63N5O15S3.C14H16O3/c1-7-35(31-15-13-12-14-16-31)44-47(53(66)73-52(44)65)46(51(63)64)45(49(60)55-25-26-74)42(50(61)62)30(6)48(59)54-23-24-56-75(67,68)34-19-22-38(41(29-34)76(69,70)71)43-36-20-17-32(57(8-2)9-3)27-39(36)72-40-28-33(18-21-37(40)43)58(10-4)11-5;1-3-11(10-7-5-4-6-8-10)12-9(2)13(15)17-14(12)16/h12-22,27-30,35,42,44-47,56H,7-11,23-26H2,1-6H3,(H5-,54,55,59,60,61,62,63,64,69,70,71,74);4-9,11-12H,3H2,1-2H3. The van der Waals surface area contributed by atoms with Gasteiger partial charge in [-0.2, -0.15) is 12.6 Å². The van der Waals surface area contributed by atoms with Crippen LogP contribution in [0.15, 0.2) is 129 Å². The molecule has 2 amide bonds. The number of benzene rings is 5. The van der Waals surface area contributed by atoms with Gasteiger partial charge in [0.1, 0.15) is 34.6 Å². The lowest BCUT2D eigenvalue weighted by molar-refractivity contribution is -0.165. The number of hydrogen-bond donors (Lipinski definition) is 6. The summed E-state index contributed by atoms with van der Waals surface area (Å²) in [4.78, 5) is 105. The number of carbonyl (C=O) groups excluding carboxylic acids is 6. The van der Waals surface area contributed by atoms with Crippen molar-refractivity contribution in [2.24, 2.45) is 47.3 Å². The third-order valence-corrected chi connectivity index (χ3v) is 20.1. The normalized spacial score (nSPS) is 18.5. The molecule has 1 aliphatic carbocycles. The second-order valence-corrected chi connectivity index (χ2v) is 26.3. The average molecular weight is 1340 g/mol. The second kappa shape index (κ2) is 31.6. The molecule has 0 saturated carbocycles. The number of ether oxygens (including phenoxy) is 2. The quantitative estimate of drug-likeness (QED) is 0.00554. The molecule has 0 aromatic heterocycles. The first-order chi connectivity index (χ1) is 44.2. The second-order valence-electron chi connectivity index (χ2n) is 22.7. The van der Waals surface area contributed by atoms with Crippen molar-refractivity contribution in [2.45, 2.75) is 89.9 Å². The highest BCUT2D eigenvalue weighted by atomic mass is 32.2. The van der Waals surface area contributed by atoms with Gasteiger partial charge >= 0.3 is 35.8 Å². The Morgan fingerprint density at radius 2 is 1.20 bits per heavy atom. The molecule has 0 bridgehead atoms. The highest BCUT2D eigenvalue weighted by Gasteiger charge is 2.60. The van der Waals surface area contributed by atoms with Crippen LogP contribution in [0.4, 0.5) is 5.69 Å². The third kappa shape index (κ3) is 16.0. The van der Waals surface area contributed by atoms with E-state index in [1.54, 1.807) is 56.3 Å². The number of rotatable bonds is 28. The smallest absolute Gasteiger partial charge is 0.318 e. The van der Waals surface area contributed by atoms with E-state index in [1.807, 2.05) is 89.2 Å². The van der Waals surface area contributed by atoms with Crippen molar-refractivity contribution >= 4 is 97.1 Å². The lowest BCUT2D eigenvalue weighted by Gasteiger charge is -2.35. The predicted octanol–water partition coefficient (Wildman–Crippen LogP) is 6.89. The van der Waals surface area contributed by atoms with Crippen LogP contribution in [-0.4, -0.2) is 131 Å². The predicted molar refractivity (Wildman–Crippen MR) is 347 cm³/mol.